The van der Waals surface area contributed by atoms with Crippen LogP contribution < -0.4 is 9.70 Å². The molecule has 0 radical (unpaired) electrons. The Kier molecular flexibility index (Phi) is 7.39. The van der Waals surface area contributed by atoms with E-state index in [-0.39, 0.29) is 11.3 Å². The molecule has 0 fully saturated rings. The molecule has 2 amide bonds. The van der Waals surface area contributed by atoms with Gasteiger partial charge >= 0.3 is 5.97 Å². The van der Waals surface area contributed by atoms with Crippen LogP contribution in [-0.2, 0) is 41.9 Å². The van der Waals surface area contributed by atoms with Crippen molar-refractivity contribution in [3.05, 3.63) is 57.9 Å². The van der Waals surface area contributed by atoms with E-state index in [1.54, 1.807) is 30.3 Å². The molecule has 1 aromatic heterocycles. The number of anilines is 1. The van der Waals surface area contributed by atoms with E-state index in [1.807, 2.05) is 12.1 Å². The standard InChI is InChI=1S/C23H22ClN3O6S2/c1-33-22(30)12-27-18-9-8-16(24)11-19(18)34-23(27)25-20(28)13-35(31,32)14-21(29)26-10-4-6-15-5-2-3-7-17(15)26/h2-3,5,7-9,11H,4,6,10,12-14H2,1H3. The summed E-state index contributed by atoms with van der Waals surface area (Å²) < 4.78 is 32.2. The molecular formula is C23H22ClN3O6S2. The van der Waals surface area contributed by atoms with Crippen LogP contribution in [0.3, 0.4) is 0 Å². The van der Waals surface area contributed by atoms with Crippen molar-refractivity contribution in [1.82, 2.24) is 4.57 Å². The minimum absolute atomic E-state index is 0.129. The number of halogens is 1. The number of para-hydroxylation sites is 1. The van der Waals surface area contributed by atoms with Crippen molar-refractivity contribution in [2.45, 2.75) is 19.4 Å². The zero-order valence-electron chi connectivity index (χ0n) is 18.8. The number of thiazole rings is 1. The lowest BCUT2D eigenvalue weighted by Gasteiger charge is -2.29. The molecule has 35 heavy (non-hydrogen) atoms. The maximum Gasteiger partial charge on any atom is 0.325 e. The topological polar surface area (TPSA) is 115 Å². The van der Waals surface area contributed by atoms with Gasteiger partial charge in [-0.1, -0.05) is 41.1 Å². The van der Waals surface area contributed by atoms with Crippen molar-refractivity contribution >= 4 is 66.5 Å². The van der Waals surface area contributed by atoms with Gasteiger partial charge in [-0.25, -0.2) is 8.42 Å². The number of sulfone groups is 1. The van der Waals surface area contributed by atoms with Crippen molar-refractivity contribution < 1.29 is 27.5 Å². The molecule has 0 saturated carbocycles. The quantitative estimate of drug-likeness (QED) is 0.447. The Bertz CT molecular complexity index is 1490. The number of aryl methyl sites for hydroxylation is 1. The van der Waals surface area contributed by atoms with Crippen LogP contribution in [0.25, 0.3) is 10.2 Å². The first kappa shape index (κ1) is 25.1. The summed E-state index contributed by atoms with van der Waals surface area (Å²) in [7, 11) is -2.84. The number of fused-ring (bicyclic) bond motifs is 2. The third-order valence-electron chi connectivity index (χ3n) is 5.48. The van der Waals surface area contributed by atoms with Gasteiger partial charge in [0.2, 0.25) is 5.91 Å². The van der Waals surface area contributed by atoms with Crippen LogP contribution in [0, 0.1) is 0 Å². The van der Waals surface area contributed by atoms with E-state index in [0.717, 1.165) is 29.7 Å². The Morgan fingerprint density at radius 1 is 1.14 bits per heavy atom. The number of hydrogen-bond donors (Lipinski definition) is 0. The van der Waals surface area contributed by atoms with Crippen molar-refractivity contribution in [3.8, 4) is 0 Å². The molecule has 3 aromatic rings. The van der Waals surface area contributed by atoms with Gasteiger partial charge in [0.15, 0.2) is 14.6 Å². The molecule has 0 aliphatic carbocycles. The Morgan fingerprint density at radius 3 is 2.69 bits per heavy atom. The van der Waals surface area contributed by atoms with Crippen molar-refractivity contribution in [1.29, 1.82) is 0 Å². The van der Waals surface area contributed by atoms with Gasteiger partial charge in [0.25, 0.3) is 5.91 Å². The summed E-state index contributed by atoms with van der Waals surface area (Å²) >= 11 is 7.13. The number of rotatable bonds is 6. The molecule has 1 aliphatic heterocycles. The molecule has 0 unspecified atom stereocenters. The molecule has 4 rings (SSSR count). The lowest BCUT2D eigenvalue weighted by Crippen LogP contribution is -2.40. The van der Waals surface area contributed by atoms with Crippen LogP contribution in [0.2, 0.25) is 5.02 Å². The third kappa shape index (κ3) is 5.80. The van der Waals surface area contributed by atoms with Gasteiger partial charge in [0.1, 0.15) is 18.1 Å². The second-order valence-corrected chi connectivity index (χ2v) is 11.5. The van der Waals surface area contributed by atoms with Crippen LogP contribution in [0.4, 0.5) is 5.69 Å². The number of benzene rings is 2. The van der Waals surface area contributed by atoms with E-state index in [0.29, 0.717) is 27.5 Å². The fourth-order valence-electron chi connectivity index (χ4n) is 3.92. The number of esters is 1. The number of aromatic nitrogens is 1. The van der Waals surface area contributed by atoms with Gasteiger partial charge in [-0.15, -0.1) is 0 Å². The zero-order valence-corrected chi connectivity index (χ0v) is 21.2. The van der Waals surface area contributed by atoms with Gasteiger partial charge < -0.3 is 14.2 Å². The molecule has 0 bridgehead atoms. The minimum Gasteiger partial charge on any atom is -0.468 e. The largest absolute Gasteiger partial charge is 0.468 e. The van der Waals surface area contributed by atoms with Crippen molar-refractivity contribution in [2.24, 2.45) is 4.99 Å². The summed E-state index contributed by atoms with van der Waals surface area (Å²) in [6, 6.07) is 12.3. The van der Waals surface area contributed by atoms with Crippen molar-refractivity contribution in [3.63, 3.8) is 0 Å². The van der Waals surface area contributed by atoms with E-state index < -0.39 is 39.1 Å². The number of methoxy groups -OCH3 is 1. The molecule has 9 nitrogen and oxygen atoms in total. The fraction of sp³-hybridized carbons (Fsp3) is 0.304. The Balaban J connectivity index is 1.56. The summed E-state index contributed by atoms with van der Waals surface area (Å²) in [5.74, 6) is -3.81. The average Bonchev–Trinajstić information content (AvgIpc) is 3.13. The van der Waals surface area contributed by atoms with Crippen molar-refractivity contribution in [2.75, 3.05) is 30.1 Å². The van der Waals surface area contributed by atoms with Crippen LogP contribution in [0.15, 0.2) is 47.5 Å². The molecule has 184 valence electrons. The van der Waals surface area contributed by atoms with E-state index in [2.05, 4.69) is 4.99 Å². The summed E-state index contributed by atoms with van der Waals surface area (Å²) in [6.45, 7) is 0.200. The van der Waals surface area contributed by atoms with Crippen LogP contribution in [0.1, 0.15) is 12.0 Å². The zero-order chi connectivity index (χ0) is 25.2. The number of carbonyl (C=O) groups excluding carboxylic acids is 3. The molecule has 0 atom stereocenters. The number of ether oxygens (including phenoxy) is 1. The Morgan fingerprint density at radius 2 is 1.91 bits per heavy atom. The second kappa shape index (κ2) is 10.3. The highest BCUT2D eigenvalue weighted by molar-refractivity contribution is 7.92. The lowest BCUT2D eigenvalue weighted by atomic mass is 10.0. The molecule has 2 aromatic carbocycles. The van der Waals surface area contributed by atoms with Crippen LogP contribution >= 0.6 is 22.9 Å². The summed E-state index contributed by atoms with van der Waals surface area (Å²) in [5, 5.41) is 0.460. The molecule has 12 heteroatoms. The van der Waals surface area contributed by atoms with E-state index >= 15 is 0 Å². The maximum absolute atomic E-state index is 12.8. The molecule has 0 spiro atoms. The lowest BCUT2D eigenvalue weighted by molar-refractivity contribution is -0.141. The molecular weight excluding hydrogens is 514 g/mol. The fourth-order valence-corrected chi connectivity index (χ4v) is 6.31. The van der Waals surface area contributed by atoms with Gasteiger partial charge in [0.05, 0.1) is 17.3 Å². The maximum atomic E-state index is 12.8. The van der Waals surface area contributed by atoms with Gasteiger partial charge in [-0.3, -0.25) is 14.4 Å². The number of hydrogen-bond acceptors (Lipinski definition) is 7. The minimum atomic E-state index is -4.08. The highest BCUT2D eigenvalue weighted by atomic mass is 35.5. The van der Waals surface area contributed by atoms with E-state index in [4.69, 9.17) is 16.3 Å². The predicted octanol–water partition coefficient (Wildman–Crippen LogP) is 2.35. The summed E-state index contributed by atoms with van der Waals surface area (Å²) in [4.78, 5) is 42.8. The SMILES string of the molecule is COC(=O)Cn1c(=NC(=O)CS(=O)(=O)CC(=O)N2CCCc3ccccc32)sc2cc(Cl)ccc21. The van der Waals surface area contributed by atoms with Gasteiger partial charge in [-0.2, -0.15) is 4.99 Å². The number of amides is 2. The smallest absolute Gasteiger partial charge is 0.325 e. The summed E-state index contributed by atoms with van der Waals surface area (Å²) in [5.41, 5.74) is 2.27. The second-order valence-electron chi connectivity index (χ2n) is 7.97. The molecule has 1 aliphatic rings. The first-order chi connectivity index (χ1) is 16.7. The Labute approximate surface area is 210 Å². The normalized spacial score (nSPS) is 14.1. The van der Waals surface area contributed by atoms with E-state index in [1.165, 1.54) is 16.6 Å². The highest BCUT2D eigenvalue weighted by Gasteiger charge is 2.28. The monoisotopic (exact) mass is 535 g/mol. The van der Waals surface area contributed by atoms with Gasteiger partial charge in [0, 0.05) is 17.3 Å². The molecule has 2 heterocycles. The first-order valence-electron chi connectivity index (χ1n) is 10.7. The van der Waals surface area contributed by atoms with E-state index in [9.17, 15) is 22.8 Å². The third-order valence-corrected chi connectivity index (χ3v) is 8.13. The number of nitrogens with zero attached hydrogens (tertiary/aromatic N) is 3. The first-order valence-corrected chi connectivity index (χ1v) is 13.7. The Hall–Kier alpha value is -3.02. The van der Waals surface area contributed by atoms with Crippen LogP contribution in [0.5, 0.6) is 0 Å². The molecule has 0 saturated heterocycles. The van der Waals surface area contributed by atoms with Crippen LogP contribution in [-0.4, -0.2) is 55.9 Å². The molecule has 0 N–H and O–H groups in total. The summed E-state index contributed by atoms with van der Waals surface area (Å²) in [6.07, 6.45) is 1.54. The van der Waals surface area contributed by atoms with Gasteiger partial charge in [-0.05, 0) is 42.7 Å². The average molecular weight is 536 g/mol. The highest BCUT2D eigenvalue weighted by Crippen LogP contribution is 2.27. The number of carbonyl (C=O) groups is 3. The predicted molar refractivity (Wildman–Crippen MR) is 133 cm³/mol.